The Morgan fingerprint density at radius 3 is 2.32 bits per heavy atom. The molecule has 1 aromatic rings. The minimum Gasteiger partial charge on any atom is -0.326 e. The van der Waals surface area contributed by atoms with E-state index in [9.17, 15) is 26.4 Å². The third kappa shape index (κ3) is 3.46. The molecule has 106 valence electrons. The first-order valence-corrected chi connectivity index (χ1v) is 6.76. The maximum atomic E-state index is 12.4. The zero-order valence-electron chi connectivity index (χ0n) is 10.2. The fraction of sp³-hybridized carbons (Fsp3) is 0.364. The summed E-state index contributed by atoms with van der Waals surface area (Å²) in [6.07, 6.45) is 0. The van der Waals surface area contributed by atoms with Crippen LogP contribution in [0.5, 0.6) is 0 Å². The number of sulfone groups is 1. The Hall–Kier alpha value is -1.57. The van der Waals surface area contributed by atoms with E-state index in [1.54, 1.807) is 13.8 Å². The summed E-state index contributed by atoms with van der Waals surface area (Å²) in [6, 6.07) is 4.06. The molecule has 0 aliphatic carbocycles. The highest BCUT2D eigenvalue weighted by Crippen LogP contribution is 2.31. The van der Waals surface area contributed by atoms with Crippen LogP contribution in [0.1, 0.15) is 13.8 Å². The van der Waals surface area contributed by atoms with Crippen LogP contribution < -0.4 is 5.32 Å². The third-order valence-corrected chi connectivity index (χ3v) is 3.72. The van der Waals surface area contributed by atoms with E-state index in [1.165, 1.54) is 6.07 Å². The molecule has 1 amide bonds. The van der Waals surface area contributed by atoms with Crippen LogP contribution in [0.2, 0.25) is 0 Å². The van der Waals surface area contributed by atoms with E-state index in [1.807, 2.05) is 0 Å². The van der Waals surface area contributed by atoms with Gasteiger partial charge in [0.25, 0.3) is 9.84 Å². The van der Waals surface area contributed by atoms with Gasteiger partial charge in [0, 0.05) is 11.6 Å². The average Bonchev–Trinajstić information content (AvgIpc) is 2.27. The van der Waals surface area contributed by atoms with Gasteiger partial charge in [-0.15, -0.1) is 0 Å². The number of hydrogen-bond acceptors (Lipinski definition) is 3. The van der Waals surface area contributed by atoms with Crippen LogP contribution in [0.25, 0.3) is 0 Å². The average molecular weight is 295 g/mol. The second-order valence-electron chi connectivity index (χ2n) is 4.12. The van der Waals surface area contributed by atoms with E-state index in [4.69, 9.17) is 0 Å². The van der Waals surface area contributed by atoms with Crippen LogP contribution in [-0.4, -0.2) is 19.8 Å². The zero-order chi connectivity index (χ0) is 14.8. The Morgan fingerprint density at radius 2 is 1.84 bits per heavy atom. The van der Waals surface area contributed by atoms with Gasteiger partial charge in [-0.05, 0) is 18.2 Å². The van der Waals surface area contributed by atoms with Crippen molar-refractivity contribution in [2.24, 2.45) is 5.92 Å². The number of carbonyl (C=O) groups is 1. The first kappa shape index (κ1) is 15.5. The Labute approximate surface area is 108 Å². The van der Waals surface area contributed by atoms with Crippen molar-refractivity contribution in [2.45, 2.75) is 24.3 Å². The van der Waals surface area contributed by atoms with Crippen LogP contribution in [-0.2, 0) is 14.6 Å². The van der Waals surface area contributed by atoms with Crippen LogP contribution in [0.4, 0.5) is 18.9 Å². The molecule has 0 bridgehead atoms. The summed E-state index contributed by atoms with van der Waals surface area (Å²) in [5, 5.41) is 2.33. The second kappa shape index (κ2) is 5.20. The van der Waals surface area contributed by atoms with Crippen LogP contribution in [0.3, 0.4) is 0 Å². The fourth-order valence-corrected chi connectivity index (χ4v) is 1.97. The van der Waals surface area contributed by atoms with Crippen molar-refractivity contribution in [3.63, 3.8) is 0 Å². The van der Waals surface area contributed by atoms with Crippen molar-refractivity contribution >= 4 is 21.4 Å². The number of halogens is 3. The molecule has 0 aliphatic rings. The minimum absolute atomic E-state index is 0.00373. The lowest BCUT2D eigenvalue weighted by Gasteiger charge is -2.11. The van der Waals surface area contributed by atoms with Gasteiger partial charge < -0.3 is 5.32 Å². The molecule has 0 spiro atoms. The van der Waals surface area contributed by atoms with Crippen LogP contribution in [0.15, 0.2) is 29.2 Å². The maximum absolute atomic E-state index is 12.4. The molecule has 0 saturated heterocycles. The number of hydrogen-bond donors (Lipinski definition) is 1. The summed E-state index contributed by atoms with van der Waals surface area (Å²) in [4.78, 5) is 10.5. The topological polar surface area (TPSA) is 63.2 Å². The SMILES string of the molecule is CC(C)C(=O)Nc1cccc(S(=O)(=O)C(F)(F)F)c1. The number of amides is 1. The molecule has 0 saturated carbocycles. The number of anilines is 1. The molecular formula is C11H12F3NO3S. The van der Waals surface area contributed by atoms with Gasteiger partial charge in [-0.3, -0.25) is 4.79 Å². The van der Waals surface area contributed by atoms with Crippen molar-refractivity contribution in [3.05, 3.63) is 24.3 Å². The van der Waals surface area contributed by atoms with Gasteiger partial charge in [-0.2, -0.15) is 13.2 Å². The van der Waals surface area contributed by atoms with E-state index in [0.29, 0.717) is 0 Å². The summed E-state index contributed by atoms with van der Waals surface area (Å²) in [7, 11) is -5.41. The molecular weight excluding hydrogens is 283 g/mol. The van der Waals surface area contributed by atoms with E-state index >= 15 is 0 Å². The first-order valence-electron chi connectivity index (χ1n) is 5.28. The maximum Gasteiger partial charge on any atom is 0.501 e. The molecule has 0 fully saturated rings. The molecule has 0 aromatic heterocycles. The lowest BCUT2D eigenvalue weighted by atomic mass is 10.2. The van der Waals surface area contributed by atoms with E-state index in [0.717, 1.165) is 18.2 Å². The summed E-state index contributed by atoms with van der Waals surface area (Å²) >= 11 is 0. The quantitative estimate of drug-likeness (QED) is 0.932. The summed E-state index contributed by atoms with van der Waals surface area (Å²) < 4.78 is 59.5. The summed E-state index contributed by atoms with van der Waals surface area (Å²) in [5.74, 6) is -0.788. The molecule has 1 aromatic carbocycles. The predicted octanol–water partition coefficient (Wildman–Crippen LogP) is 2.57. The van der Waals surface area contributed by atoms with E-state index in [2.05, 4.69) is 5.32 Å². The predicted molar refractivity (Wildman–Crippen MR) is 63.2 cm³/mol. The minimum atomic E-state index is -5.41. The van der Waals surface area contributed by atoms with Gasteiger partial charge in [-0.25, -0.2) is 8.42 Å². The Bertz CT molecular complexity index is 579. The molecule has 0 heterocycles. The molecule has 0 aliphatic heterocycles. The van der Waals surface area contributed by atoms with Crippen molar-refractivity contribution < 1.29 is 26.4 Å². The number of carbonyl (C=O) groups excluding carboxylic acids is 1. The van der Waals surface area contributed by atoms with Crippen molar-refractivity contribution in [1.29, 1.82) is 0 Å². The normalized spacial score (nSPS) is 12.5. The van der Waals surface area contributed by atoms with Gasteiger partial charge >= 0.3 is 5.51 Å². The molecule has 0 radical (unpaired) electrons. The Morgan fingerprint density at radius 1 is 1.26 bits per heavy atom. The Kier molecular flexibility index (Phi) is 4.24. The van der Waals surface area contributed by atoms with Gasteiger partial charge in [0.15, 0.2) is 0 Å². The van der Waals surface area contributed by atoms with Gasteiger partial charge in [0.05, 0.1) is 4.90 Å². The molecule has 0 atom stereocenters. The van der Waals surface area contributed by atoms with Crippen molar-refractivity contribution in [1.82, 2.24) is 0 Å². The summed E-state index contributed by atoms with van der Waals surface area (Å²) in [6.45, 7) is 3.21. The van der Waals surface area contributed by atoms with Gasteiger partial charge in [-0.1, -0.05) is 19.9 Å². The fourth-order valence-electron chi connectivity index (χ4n) is 1.16. The van der Waals surface area contributed by atoms with E-state index < -0.39 is 26.1 Å². The highest BCUT2D eigenvalue weighted by molar-refractivity contribution is 7.92. The third-order valence-electron chi connectivity index (χ3n) is 2.24. The first-order chi connectivity index (χ1) is 8.55. The number of benzene rings is 1. The molecule has 1 N–H and O–H groups in total. The van der Waals surface area contributed by atoms with Crippen LogP contribution >= 0.6 is 0 Å². The number of rotatable bonds is 3. The lowest BCUT2D eigenvalue weighted by Crippen LogP contribution is -2.23. The van der Waals surface area contributed by atoms with Crippen molar-refractivity contribution in [2.75, 3.05) is 5.32 Å². The van der Waals surface area contributed by atoms with Crippen LogP contribution in [0, 0.1) is 5.92 Å². The summed E-state index contributed by atoms with van der Waals surface area (Å²) in [5.41, 5.74) is -5.36. The molecule has 0 unspecified atom stereocenters. The van der Waals surface area contributed by atoms with Gasteiger partial charge in [0.1, 0.15) is 0 Å². The zero-order valence-corrected chi connectivity index (χ0v) is 11.0. The van der Waals surface area contributed by atoms with Gasteiger partial charge in [0.2, 0.25) is 5.91 Å². The lowest BCUT2D eigenvalue weighted by molar-refractivity contribution is -0.118. The standard InChI is InChI=1S/C11H12F3NO3S/c1-7(2)10(16)15-8-4-3-5-9(6-8)19(17,18)11(12,13)14/h3-7H,1-2H3,(H,15,16). The highest BCUT2D eigenvalue weighted by Gasteiger charge is 2.46. The molecule has 4 nitrogen and oxygen atoms in total. The largest absolute Gasteiger partial charge is 0.501 e. The van der Waals surface area contributed by atoms with Crippen molar-refractivity contribution in [3.8, 4) is 0 Å². The smallest absolute Gasteiger partial charge is 0.326 e. The second-order valence-corrected chi connectivity index (χ2v) is 6.06. The highest BCUT2D eigenvalue weighted by atomic mass is 32.2. The Balaban J connectivity index is 3.12. The molecule has 19 heavy (non-hydrogen) atoms. The monoisotopic (exact) mass is 295 g/mol. The number of nitrogens with one attached hydrogen (secondary N) is 1. The molecule has 1 rings (SSSR count). The molecule has 8 heteroatoms. The van der Waals surface area contributed by atoms with E-state index in [-0.39, 0.29) is 11.6 Å². The number of alkyl halides is 3.